The number of nitrogens with one attached hydrogen (secondary N) is 2. The molecule has 0 unspecified atom stereocenters. The summed E-state index contributed by atoms with van der Waals surface area (Å²) in [4.78, 5) is 20.9. The second kappa shape index (κ2) is 8.90. The van der Waals surface area contributed by atoms with E-state index in [0.29, 0.717) is 11.3 Å². The Morgan fingerprint density at radius 1 is 0.829 bits per heavy atom. The maximum absolute atomic E-state index is 12.9. The molecule has 0 aliphatic rings. The number of amides is 2. The number of fused-ring (bicyclic) bond motifs is 1. The van der Waals surface area contributed by atoms with Gasteiger partial charge in [-0.05, 0) is 54.1 Å². The summed E-state index contributed by atoms with van der Waals surface area (Å²) in [6, 6.07) is 16.4. The molecule has 2 aromatic carbocycles. The summed E-state index contributed by atoms with van der Waals surface area (Å²) in [6.45, 7) is 0. The van der Waals surface area contributed by atoms with Crippen molar-refractivity contribution in [2.75, 3.05) is 10.6 Å². The summed E-state index contributed by atoms with van der Waals surface area (Å²) in [5, 5.41) is 9.57. The standard InChI is InChI=1S/C25H17F3N6O/c26-25(27,28)18-4-2-6-20(14-18)33-24(35)32-19-5-1-3-17(13-19)22-9-12-30-23-21(15-31-34(22)23)16-7-10-29-11-8-16/h1-15H,(H2,32,33,35). The van der Waals surface area contributed by atoms with Crippen LogP contribution in [0, 0.1) is 0 Å². The van der Waals surface area contributed by atoms with Gasteiger partial charge in [0.2, 0.25) is 0 Å². The summed E-state index contributed by atoms with van der Waals surface area (Å²) in [5.74, 6) is 0. The fourth-order valence-corrected chi connectivity index (χ4v) is 3.67. The molecular weight excluding hydrogens is 457 g/mol. The number of carbonyl (C=O) groups is 1. The zero-order valence-electron chi connectivity index (χ0n) is 18.0. The number of nitrogens with zero attached hydrogens (tertiary/aromatic N) is 4. The highest BCUT2D eigenvalue weighted by Gasteiger charge is 2.30. The van der Waals surface area contributed by atoms with Crippen molar-refractivity contribution in [2.24, 2.45) is 0 Å². The van der Waals surface area contributed by atoms with E-state index < -0.39 is 17.8 Å². The number of pyridine rings is 1. The summed E-state index contributed by atoms with van der Waals surface area (Å²) in [7, 11) is 0. The third-order valence-electron chi connectivity index (χ3n) is 5.26. The molecule has 5 aromatic rings. The van der Waals surface area contributed by atoms with E-state index in [1.54, 1.807) is 53.6 Å². The number of benzene rings is 2. The molecule has 0 aliphatic carbocycles. The lowest BCUT2D eigenvalue weighted by Crippen LogP contribution is -2.19. The lowest BCUT2D eigenvalue weighted by atomic mass is 10.1. The van der Waals surface area contributed by atoms with Crippen LogP contribution in [0.15, 0.2) is 91.5 Å². The Hall–Kier alpha value is -4.73. The van der Waals surface area contributed by atoms with Crippen LogP contribution < -0.4 is 10.6 Å². The first-order valence-electron chi connectivity index (χ1n) is 10.5. The minimum absolute atomic E-state index is 0.0319. The maximum atomic E-state index is 12.9. The van der Waals surface area contributed by atoms with Crippen LogP contribution in [-0.4, -0.2) is 25.6 Å². The highest BCUT2D eigenvalue weighted by atomic mass is 19.4. The van der Waals surface area contributed by atoms with Crippen molar-refractivity contribution in [2.45, 2.75) is 6.18 Å². The topological polar surface area (TPSA) is 84.2 Å². The van der Waals surface area contributed by atoms with Gasteiger partial charge in [-0.1, -0.05) is 18.2 Å². The summed E-state index contributed by atoms with van der Waals surface area (Å²) < 4.78 is 40.5. The van der Waals surface area contributed by atoms with Crippen LogP contribution in [0.3, 0.4) is 0 Å². The molecule has 0 fully saturated rings. The smallest absolute Gasteiger partial charge is 0.308 e. The molecule has 0 spiro atoms. The molecule has 7 nitrogen and oxygen atoms in total. The van der Waals surface area contributed by atoms with Gasteiger partial charge < -0.3 is 10.6 Å². The van der Waals surface area contributed by atoms with Crippen molar-refractivity contribution in [1.82, 2.24) is 19.6 Å². The van der Waals surface area contributed by atoms with Gasteiger partial charge in [0, 0.05) is 41.1 Å². The van der Waals surface area contributed by atoms with Gasteiger partial charge >= 0.3 is 12.2 Å². The van der Waals surface area contributed by atoms with Crippen molar-refractivity contribution in [1.29, 1.82) is 0 Å². The molecule has 35 heavy (non-hydrogen) atoms. The largest absolute Gasteiger partial charge is 0.416 e. The lowest BCUT2D eigenvalue weighted by Gasteiger charge is -2.12. The molecular formula is C25H17F3N6O. The second-order valence-corrected chi connectivity index (χ2v) is 7.60. The highest BCUT2D eigenvalue weighted by molar-refractivity contribution is 6.00. The molecule has 10 heteroatoms. The van der Waals surface area contributed by atoms with E-state index in [-0.39, 0.29) is 5.69 Å². The van der Waals surface area contributed by atoms with Gasteiger partial charge in [-0.2, -0.15) is 18.3 Å². The molecule has 0 saturated carbocycles. The Morgan fingerprint density at radius 2 is 1.54 bits per heavy atom. The van der Waals surface area contributed by atoms with Crippen LogP contribution in [0.4, 0.5) is 29.3 Å². The summed E-state index contributed by atoms with van der Waals surface area (Å²) >= 11 is 0. The molecule has 2 amide bonds. The normalized spacial score (nSPS) is 11.4. The van der Waals surface area contributed by atoms with E-state index in [1.165, 1.54) is 12.1 Å². The molecule has 0 atom stereocenters. The molecule has 5 rings (SSSR count). The van der Waals surface area contributed by atoms with Crippen LogP contribution in [-0.2, 0) is 6.18 Å². The van der Waals surface area contributed by atoms with Crippen molar-refractivity contribution in [3.05, 3.63) is 97.1 Å². The number of alkyl halides is 3. The van der Waals surface area contributed by atoms with Crippen molar-refractivity contribution < 1.29 is 18.0 Å². The lowest BCUT2D eigenvalue weighted by molar-refractivity contribution is -0.137. The number of urea groups is 1. The monoisotopic (exact) mass is 474 g/mol. The van der Waals surface area contributed by atoms with Gasteiger partial charge in [-0.3, -0.25) is 4.98 Å². The summed E-state index contributed by atoms with van der Waals surface area (Å²) in [5.41, 5.74) is 3.60. The van der Waals surface area contributed by atoms with Crippen LogP contribution in [0.5, 0.6) is 0 Å². The SMILES string of the molecule is O=C(Nc1cccc(-c2ccnc3c(-c4ccncc4)cnn23)c1)Nc1cccc(C(F)(F)F)c1. The molecule has 2 N–H and O–H groups in total. The zero-order valence-corrected chi connectivity index (χ0v) is 18.0. The minimum atomic E-state index is -4.50. The molecule has 3 aromatic heterocycles. The van der Waals surface area contributed by atoms with Gasteiger partial charge in [0.05, 0.1) is 17.5 Å². The van der Waals surface area contributed by atoms with Crippen molar-refractivity contribution >= 4 is 23.1 Å². The number of carbonyl (C=O) groups excluding carboxylic acids is 1. The highest BCUT2D eigenvalue weighted by Crippen LogP contribution is 2.31. The van der Waals surface area contributed by atoms with Crippen LogP contribution in [0.2, 0.25) is 0 Å². The third-order valence-corrected chi connectivity index (χ3v) is 5.26. The number of anilines is 2. The van der Waals surface area contributed by atoms with E-state index in [4.69, 9.17) is 0 Å². The van der Waals surface area contributed by atoms with Crippen LogP contribution in [0.1, 0.15) is 5.56 Å². The van der Waals surface area contributed by atoms with Crippen molar-refractivity contribution in [3.63, 3.8) is 0 Å². The van der Waals surface area contributed by atoms with Crippen LogP contribution >= 0.6 is 0 Å². The number of rotatable bonds is 4. The van der Waals surface area contributed by atoms with E-state index in [2.05, 4.69) is 25.7 Å². The first-order valence-corrected chi connectivity index (χ1v) is 10.5. The molecule has 0 saturated heterocycles. The van der Waals surface area contributed by atoms with E-state index in [9.17, 15) is 18.0 Å². The maximum Gasteiger partial charge on any atom is 0.416 e. The Labute approximate surface area is 197 Å². The molecule has 0 aliphatic heterocycles. The van der Waals surface area contributed by atoms with Crippen molar-refractivity contribution in [3.8, 4) is 22.4 Å². The number of hydrogen-bond donors (Lipinski definition) is 2. The Balaban J connectivity index is 1.39. The van der Waals surface area contributed by atoms with E-state index in [0.717, 1.165) is 34.5 Å². The molecule has 174 valence electrons. The zero-order chi connectivity index (χ0) is 24.4. The Kier molecular flexibility index (Phi) is 5.61. The Morgan fingerprint density at radius 3 is 2.29 bits per heavy atom. The summed E-state index contributed by atoms with van der Waals surface area (Å²) in [6.07, 6.45) is 2.30. The second-order valence-electron chi connectivity index (χ2n) is 7.60. The quantitative estimate of drug-likeness (QED) is 0.329. The average Bonchev–Trinajstić information content (AvgIpc) is 3.29. The fourth-order valence-electron chi connectivity index (χ4n) is 3.67. The molecule has 0 bridgehead atoms. The number of halogens is 3. The van der Waals surface area contributed by atoms with E-state index >= 15 is 0 Å². The van der Waals surface area contributed by atoms with Crippen LogP contribution in [0.25, 0.3) is 28.0 Å². The van der Waals surface area contributed by atoms with Gasteiger partial charge in [0.1, 0.15) is 0 Å². The van der Waals surface area contributed by atoms with Gasteiger partial charge in [-0.15, -0.1) is 0 Å². The Bertz CT molecular complexity index is 1510. The number of aromatic nitrogens is 4. The molecule has 0 radical (unpaired) electrons. The predicted molar refractivity (Wildman–Crippen MR) is 126 cm³/mol. The molecule has 3 heterocycles. The average molecular weight is 474 g/mol. The van der Waals surface area contributed by atoms with E-state index in [1.807, 2.05) is 18.2 Å². The fraction of sp³-hybridized carbons (Fsp3) is 0.0400. The predicted octanol–water partition coefficient (Wildman–Crippen LogP) is 6.12. The van der Waals surface area contributed by atoms with Gasteiger partial charge in [0.25, 0.3) is 0 Å². The minimum Gasteiger partial charge on any atom is -0.308 e. The van der Waals surface area contributed by atoms with Gasteiger partial charge in [-0.25, -0.2) is 14.3 Å². The first-order chi connectivity index (χ1) is 16.9. The third kappa shape index (κ3) is 4.67. The first kappa shape index (κ1) is 22.1. The number of hydrogen-bond acceptors (Lipinski definition) is 4. The van der Waals surface area contributed by atoms with Gasteiger partial charge in [0.15, 0.2) is 5.65 Å².